The van der Waals surface area contributed by atoms with Gasteiger partial charge in [0, 0.05) is 0 Å². The number of carbonyl (C=O) groups excluding carboxylic acids is 1. The molecule has 5 nitrogen and oxygen atoms in total. The number of aliphatic hydroxyl groups excluding tert-OH is 2. The maximum Gasteiger partial charge on any atom is 0.337 e. The van der Waals surface area contributed by atoms with Crippen molar-refractivity contribution in [3.8, 4) is 0 Å². The number of ether oxygens (including phenoxy) is 1. The lowest BCUT2D eigenvalue weighted by Crippen LogP contribution is -2.23. The Morgan fingerprint density at radius 1 is 1.44 bits per heavy atom. The molecule has 3 N–H and O–H groups in total. The molecule has 2 unspecified atom stereocenters. The summed E-state index contributed by atoms with van der Waals surface area (Å²) in [7, 11) is 3.07. The number of aliphatic hydroxyl groups is 2. The second-order valence-electron chi connectivity index (χ2n) is 4.02. The predicted molar refractivity (Wildman–Crippen MR) is 67.3 cm³/mol. The number of carbonyl (C=O) groups is 1. The first-order valence-electron chi connectivity index (χ1n) is 5.79. The van der Waals surface area contributed by atoms with Crippen molar-refractivity contribution in [1.29, 1.82) is 0 Å². The zero-order chi connectivity index (χ0) is 13.5. The summed E-state index contributed by atoms with van der Waals surface area (Å²) in [6.45, 7) is 0.606. The highest BCUT2D eigenvalue weighted by Gasteiger charge is 2.19. The third kappa shape index (κ3) is 3.80. The highest BCUT2D eigenvalue weighted by atomic mass is 16.5. The van der Waals surface area contributed by atoms with Crippen molar-refractivity contribution in [2.24, 2.45) is 0 Å². The SMILES string of the molecule is CNCCC(O)C(O)c1cccc(C(=O)OC)c1. The molecule has 0 saturated carbocycles. The van der Waals surface area contributed by atoms with Gasteiger partial charge in [-0.05, 0) is 37.7 Å². The van der Waals surface area contributed by atoms with Crippen LogP contribution < -0.4 is 5.32 Å². The van der Waals surface area contributed by atoms with Crippen LogP contribution in [0.1, 0.15) is 28.4 Å². The average molecular weight is 253 g/mol. The summed E-state index contributed by atoms with van der Waals surface area (Å²) >= 11 is 0. The van der Waals surface area contributed by atoms with E-state index >= 15 is 0 Å². The van der Waals surface area contributed by atoms with Gasteiger partial charge in [-0.15, -0.1) is 0 Å². The molecule has 0 heterocycles. The molecule has 0 aliphatic rings. The Hall–Kier alpha value is -1.43. The second kappa shape index (κ2) is 7.10. The van der Waals surface area contributed by atoms with E-state index < -0.39 is 18.2 Å². The van der Waals surface area contributed by atoms with Crippen molar-refractivity contribution >= 4 is 5.97 Å². The highest BCUT2D eigenvalue weighted by molar-refractivity contribution is 5.89. The van der Waals surface area contributed by atoms with E-state index in [4.69, 9.17) is 0 Å². The number of hydrogen-bond donors (Lipinski definition) is 3. The first-order chi connectivity index (χ1) is 8.60. The van der Waals surface area contributed by atoms with Crippen LogP contribution in [0, 0.1) is 0 Å². The summed E-state index contributed by atoms with van der Waals surface area (Å²) in [6.07, 6.45) is -1.45. The largest absolute Gasteiger partial charge is 0.465 e. The zero-order valence-electron chi connectivity index (χ0n) is 10.6. The van der Waals surface area contributed by atoms with Crippen molar-refractivity contribution in [2.75, 3.05) is 20.7 Å². The summed E-state index contributed by atoms with van der Waals surface area (Å²) in [5.74, 6) is -0.464. The van der Waals surface area contributed by atoms with Gasteiger partial charge in [-0.25, -0.2) is 4.79 Å². The van der Waals surface area contributed by atoms with Crippen LogP contribution in [0.3, 0.4) is 0 Å². The topological polar surface area (TPSA) is 78.8 Å². The van der Waals surface area contributed by atoms with Gasteiger partial charge >= 0.3 is 5.97 Å². The van der Waals surface area contributed by atoms with Gasteiger partial charge in [0.25, 0.3) is 0 Å². The summed E-state index contributed by atoms with van der Waals surface area (Å²) in [5, 5.41) is 22.6. The first kappa shape index (κ1) is 14.6. The maximum atomic E-state index is 11.4. The van der Waals surface area contributed by atoms with Crippen LogP contribution in [0.2, 0.25) is 0 Å². The van der Waals surface area contributed by atoms with Gasteiger partial charge in [0.2, 0.25) is 0 Å². The molecule has 0 amide bonds. The van der Waals surface area contributed by atoms with E-state index in [0.717, 1.165) is 0 Å². The van der Waals surface area contributed by atoms with Crippen molar-refractivity contribution in [3.05, 3.63) is 35.4 Å². The molecule has 0 radical (unpaired) electrons. The Morgan fingerprint density at radius 2 is 2.17 bits per heavy atom. The number of nitrogens with one attached hydrogen (secondary N) is 1. The Bertz CT molecular complexity index is 394. The van der Waals surface area contributed by atoms with Gasteiger partial charge in [0.15, 0.2) is 0 Å². The van der Waals surface area contributed by atoms with Crippen molar-refractivity contribution in [2.45, 2.75) is 18.6 Å². The van der Waals surface area contributed by atoms with E-state index in [2.05, 4.69) is 10.1 Å². The number of benzene rings is 1. The predicted octanol–water partition coefficient (Wildman–Crippen LogP) is 0.477. The Morgan fingerprint density at radius 3 is 2.78 bits per heavy atom. The van der Waals surface area contributed by atoms with Gasteiger partial charge < -0.3 is 20.3 Å². The van der Waals surface area contributed by atoms with Crippen molar-refractivity contribution in [3.63, 3.8) is 0 Å². The van der Waals surface area contributed by atoms with E-state index in [0.29, 0.717) is 24.1 Å². The maximum absolute atomic E-state index is 11.4. The minimum atomic E-state index is -1.01. The summed E-state index contributed by atoms with van der Waals surface area (Å²) in [6, 6.07) is 6.44. The lowest BCUT2D eigenvalue weighted by molar-refractivity contribution is 0.0139. The molecule has 1 rings (SSSR count). The number of methoxy groups -OCH3 is 1. The molecule has 0 saturated heterocycles. The van der Waals surface area contributed by atoms with Gasteiger partial charge in [-0.1, -0.05) is 12.1 Å². The summed E-state index contributed by atoms with van der Waals surface area (Å²) in [4.78, 5) is 11.4. The smallest absolute Gasteiger partial charge is 0.337 e. The molecule has 18 heavy (non-hydrogen) atoms. The minimum Gasteiger partial charge on any atom is -0.465 e. The van der Waals surface area contributed by atoms with Crippen LogP contribution in [0.15, 0.2) is 24.3 Å². The normalized spacial score (nSPS) is 14.0. The zero-order valence-corrected chi connectivity index (χ0v) is 10.6. The number of esters is 1. The van der Waals surface area contributed by atoms with Crippen LogP contribution >= 0.6 is 0 Å². The average Bonchev–Trinajstić information content (AvgIpc) is 2.43. The Labute approximate surface area is 106 Å². The van der Waals surface area contributed by atoms with E-state index in [1.54, 1.807) is 25.2 Å². The molecule has 5 heteroatoms. The molecule has 100 valence electrons. The molecule has 1 aromatic carbocycles. The van der Waals surface area contributed by atoms with Crippen LogP contribution in [0.25, 0.3) is 0 Å². The molecule has 0 fully saturated rings. The quantitative estimate of drug-likeness (QED) is 0.643. The van der Waals surface area contributed by atoms with Crippen LogP contribution in [-0.2, 0) is 4.74 Å². The molecular formula is C13H19NO4. The van der Waals surface area contributed by atoms with E-state index in [1.807, 2.05) is 0 Å². The van der Waals surface area contributed by atoms with Crippen molar-refractivity contribution in [1.82, 2.24) is 5.32 Å². The number of rotatable bonds is 6. The lowest BCUT2D eigenvalue weighted by Gasteiger charge is -2.18. The Kier molecular flexibility index (Phi) is 5.77. The van der Waals surface area contributed by atoms with Crippen LogP contribution in [0.4, 0.5) is 0 Å². The molecule has 0 aliphatic heterocycles. The fourth-order valence-corrected chi connectivity index (χ4v) is 1.64. The van der Waals surface area contributed by atoms with Gasteiger partial charge in [0.05, 0.1) is 18.8 Å². The van der Waals surface area contributed by atoms with E-state index in [1.165, 1.54) is 13.2 Å². The molecule has 0 aromatic heterocycles. The lowest BCUT2D eigenvalue weighted by atomic mass is 10.00. The molecule has 1 aromatic rings. The van der Waals surface area contributed by atoms with Gasteiger partial charge in [-0.3, -0.25) is 0 Å². The first-order valence-corrected chi connectivity index (χ1v) is 5.79. The summed E-state index contributed by atoms with van der Waals surface area (Å²) < 4.78 is 4.60. The van der Waals surface area contributed by atoms with Crippen LogP contribution in [-0.4, -0.2) is 43.0 Å². The fourth-order valence-electron chi connectivity index (χ4n) is 1.64. The standard InChI is InChI=1S/C13H19NO4/c1-14-7-6-11(15)12(16)9-4-3-5-10(8-9)13(17)18-2/h3-5,8,11-12,14-16H,6-7H2,1-2H3. The van der Waals surface area contributed by atoms with Gasteiger partial charge in [0.1, 0.15) is 6.10 Å². The monoisotopic (exact) mass is 253 g/mol. The van der Waals surface area contributed by atoms with Crippen molar-refractivity contribution < 1.29 is 19.7 Å². The molecule has 0 bridgehead atoms. The minimum absolute atomic E-state index is 0.356. The van der Waals surface area contributed by atoms with E-state index in [-0.39, 0.29) is 0 Å². The third-order valence-corrected chi connectivity index (χ3v) is 2.70. The molecule has 0 spiro atoms. The van der Waals surface area contributed by atoms with E-state index in [9.17, 15) is 15.0 Å². The van der Waals surface area contributed by atoms with Crippen LogP contribution in [0.5, 0.6) is 0 Å². The van der Waals surface area contributed by atoms with Gasteiger partial charge in [-0.2, -0.15) is 0 Å². The molecule has 0 aliphatic carbocycles. The molecule has 2 atom stereocenters. The Balaban J connectivity index is 2.79. The third-order valence-electron chi connectivity index (χ3n) is 2.70. The highest BCUT2D eigenvalue weighted by Crippen LogP contribution is 2.20. The number of hydrogen-bond acceptors (Lipinski definition) is 5. The fraction of sp³-hybridized carbons (Fsp3) is 0.462. The summed E-state index contributed by atoms with van der Waals surface area (Å²) in [5.41, 5.74) is 0.858. The molecular weight excluding hydrogens is 234 g/mol. The second-order valence-corrected chi connectivity index (χ2v) is 4.02.